The molecule has 0 radical (unpaired) electrons. The topological polar surface area (TPSA) is 35.5 Å². The van der Waals surface area contributed by atoms with Gasteiger partial charge in [-0.1, -0.05) is 18.0 Å². The van der Waals surface area contributed by atoms with Crippen LogP contribution in [0.5, 0.6) is 11.5 Å². The predicted molar refractivity (Wildman–Crippen MR) is 83.6 cm³/mol. The molecule has 1 aromatic rings. The zero-order chi connectivity index (χ0) is 14.4. The van der Waals surface area contributed by atoms with Crippen molar-refractivity contribution >= 4 is 42.6 Å². The van der Waals surface area contributed by atoms with Crippen molar-refractivity contribution in [2.24, 2.45) is 0 Å². The molecule has 0 saturated heterocycles. The van der Waals surface area contributed by atoms with Gasteiger partial charge in [0.25, 0.3) is 0 Å². The molecule has 1 aromatic carbocycles. The van der Waals surface area contributed by atoms with Crippen molar-refractivity contribution in [3.05, 3.63) is 21.1 Å². The maximum atomic E-state index is 12.3. The van der Waals surface area contributed by atoms with Gasteiger partial charge in [0.2, 0.25) is 0 Å². The lowest BCUT2D eigenvalue weighted by molar-refractivity contribution is 0.0973. The molecule has 0 unspecified atom stereocenters. The molecule has 0 spiro atoms. The summed E-state index contributed by atoms with van der Waals surface area (Å²) in [4.78, 5) is 12.3. The highest BCUT2D eigenvalue weighted by Gasteiger charge is 2.23. The second-order valence-corrected chi connectivity index (χ2v) is 5.67. The molecule has 0 fully saturated rings. The van der Waals surface area contributed by atoms with E-state index in [9.17, 15) is 4.79 Å². The summed E-state index contributed by atoms with van der Waals surface area (Å²) >= 11 is 9.45. The fraction of sp³-hybridized carbons (Fsp3) is 0.462. The summed E-state index contributed by atoms with van der Waals surface area (Å²) in [5.74, 6) is 0.798. The molecule has 0 amide bonds. The van der Waals surface area contributed by atoms with Crippen LogP contribution >= 0.6 is 36.8 Å². The van der Waals surface area contributed by atoms with Crippen molar-refractivity contribution in [3.63, 3.8) is 0 Å². The highest BCUT2D eigenvalue weighted by Crippen LogP contribution is 2.41. The fourth-order valence-corrected chi connectivity index (χ4v) is 3.02. The summed E-state index contributed by atoms with van der Waals surface area (Å²) in [6, 6.07) is 1.66. The Kier molecular flexibility index (Phi) is 7.12. The Morgan fingerprint density at radius 3 is 2.47 bits per heavy atom. The highest BCUT2D eigenvalue weighted by atomic mass is 79.9. The van der Waals surface area contributed by atoms with Crippen molar-refractivity contribution in [3.8, 4) is 11.5 Å². The molecule has 106 valence electrons. The lowest BCUT2D eigenvalue weighted by atomic mass is 10.0. The van der Waals surface area contributed by atoms with Crippen LogP contribution in [0.2, 0.25) is 5.02 Å². The number of hydrogen-bond donors (Lipinski definition) is 0. The van der Waals surface area contributed by atoms with Gasteiger partial charge in [0.15, 0.2) is 11.5 Å². The van der Waals surface area contributed by atoms with Crippen LogP contribution in [0.3, 0.4) is 0 Å². The van der Waals surface area contributed by atoms with Crippen LogP contribution in [-0.2, 0) is 0 Å². The van der Waals surface area contributed by atoms with E-state index < -0.39 is 0 Å². The molecule has 1 rings (SSSR count). The lowest BCUT2D eigenvalue weighted by Gasteiger charge is -2.15. The molecule has 0 saturated carbocycles. The van der Waals surface area contributed by atoms with E-state index in [1.54, 1.807) is 6.07 Å². The number of unbranched alkanes of at least 4 members (excludes halogenated alkanes) is 1. The molecule has 6 heteroatoms. The number of carbonyl (C=O) groups excluding carboxylic acids is 1. The number of Topliss-reactive ketones (excluding diaryl/α,β-unsaturated/α-hetero) is 1. The third-order valence-corrected chi connectivity index (χ3v) is 3.88. The Bertz CT molecular complexity index is 437. The smallest absolute Gasteiger partial charge is 0.170 e. The van der Waals surface area contributed by atoms with Crippen molar-refractivity contribution in [2.75, 3.05) is 20.4 Å². The maximum absolute atomic E-state index is 12.3. The van der Waals surface area contributed by atoms with Crippen LogP contribution in [0.4, 0.5) is 0 Å². The van der Waals surface area contributed by atoms with E-state index in [2.05, 4.69) is 25.2 Å². The van der Waals surface area contributed by atoms with E-state index in [1.165, 1.54) is 14.2 Å². The number of carbonyl (C=O) groups is 1. The zero-order valence-corrected chi connectivity index (χ0v) is 14.2. The average Bonchev–Trinajstić information content (AvgIpc) is 2.38. The first-order chi connectivity index (χ1) is 9.06. The van der Waals surface area contributed by atoms with Gasteiger partial charge >= 0.3 is 0 Å². The quantitative estimate of drug-likeness (QED) is 0.401. The zero-order valence-electron chi connectivity index (χ0n) is 10.9. The van der Waals surface area contributed by atoms with Gasteiger partial charge in [-0.05, 0) is 28.4 Å². The highest BCUT2D eigenvalue weighted by molar-refractivity contribution is 9.10. The van der Waals surface area contributed by atoms with Crippen LogP contribution in [0.1, 0.15) is 29.6 Å². The maximum Gasteiger partial charge on any atom is 0.170 e. The molecule has 0 heterocycles. The normalized spacial score (nSPS) is 10.4. The van der Waals surface area contributed by atoms with Crippen LogP contribution in [0.25, 0.3) is 0 Å². The standard InChI is InChI=1S/C13H16BrClO3P/c1-17-12-8(14)7-9(15)13(18-2)11(12)10(16)5-3-4-6-19/h7,19H,3-6H2,1-2H3/q-1. The van der Waals surface area contributed by atoms with Gasteiger partial charge in [0.05, 0.1) is 23.7 Å². The van der Waals surface area contributed by atoms with Crippen LogP contribution < -0.4 is 9.47 Å². The van der Waals surface area contributed by atoms with Gasteiger partial charge in [-0.15, -0.1) is 0 Å². The minimum Gasteiger partial charge on any atom is -0.558 e. The molecule has 0 aliphatic rings. The first-order valence-electron chi connectivity index (χ1n) is 5.84. The second kappa shape index (κ2) is 8.08. The van der Waals surface area contributed by atoms with Gasteiger partial charge < -0.3 is 18.7 Å². The molecule has 0 aliphatic carbocycles. The fourth-order valence-electron chi connectivity index (χ4n) is 1.77. The summed E-state index contributed by atoms with van der Waals surface area (Å²) in [6.45, 7) is 0. The second-order valence-electron chi connectivity index (χ2n) is 3.91. The minimum absolute atomic E-state index is 0.0305. The molecule has 0 bridgehead atoms. The third kappa shape index (κ3) is 4.08. The number of ether oxygens (including phenoxy) is 2. The number of halogens is 2. The van der Waals surface area contributed by atoms with E-state index in [1.807, 2.05) is 0 Å². The Labute approximate surface area is 129 Å². The van der Waals surface area contributed by atoms with Gasteiger partial charge in [-0.3, -0.25) is 4.79 Å². The number of hydrogen-bond acceptors (Lipinski definition) is 3. The molecular weight excluding hydrogens is 350 g/mol. The van der Waals surface area contributed by atoms with E-state index in [4.69, 9.17) is 21.1 Å². The van der Waals surface area contributed by atoms with Crippen molar-refractivity contribution in [1.82, 2.24) is 0 Å². The van der Waals surface area contributed by atoms with E-state index in [-0.39, 0.29) is 5.78 Å². The summed E-state index contributed by atoms with van der Waals surface area (Å²) < 4.78 is 11.2. The SMILES string of the molecule is COc1c(Cl)cc(Br)c(OC)c1C(=O)CCCC[PH-]. The van der Waals surface area contributed by atoms with E-state index >= 15 is 0 Å². The number of benzene rings is 1. The summed E-state index contributed by atoms with van der Waals surface area (Å²) in [5, 5.41) is 0.388. The minimum atomic E-state index is -0.0305. The average molecular weight is 367 g/mol. The lowest BCUT2D eigenvalue weighted by Crippen LogP contribution is -2.06. The van der Waals surface area contributed by atoms with Crippen LogP contribution in [-0.4, -0.2) is 26.2 Å². The Hall–Kier alpha value is -0.310. The number of methoxy groups -OCH3 is 2. The molecule has 19 heavy (non-hydrogen) atoms. The summed E-state index contributed by atoms with van der Waals surface area (Å²) in [5.41, 5.74) is 0.401. The first-order valence-corrected chi connectivity index (χ1v) is 7.72. The van der Waals surface area contributed by atoms with Crippen molar-refractivity contribution < 1.29 is 14.3 Å². The van der Waals surface area contributed by atoms with Crippen LogP contribution in [0, 0.1) is 0 Å². The summed E-state index contributed by atoms with van der Waals surface area (Å²) in [6.07, 6.45) is 3.05. The van der Waals surface area contributed by atoms with Crippen molar-refractivity contribution in [1.29, 1.82) is 0 Å². The molecule has 3 nitrogen and oxygen atoms in total. The molecule has 0 atom stereocenters. The Morgan fingerprint density at radius 1 is 1.32 bits per heavy atom. The third-order valence-electron chi connectivity index (χ3n) is 2.66. The molecule has 0 aliphatic heterocycles. The van der Waals surface area contributed by atoms with Crippen molar-refractivity contribution in [2.45, 2.75) is 19.3 Å². The summed E-state index contributed by atoms with van der Waals surface area (Å²) in [7, 11) is 6.40. The van der Waals surface area contributed by atoms with Gasteiger partial charge in [-0.25, -0.2) is 0 Å². The Balaban J connectivity index is 3.18. The predicted octanol–water partition coefficient (Wildman–Crippen LogP) is 4.62. The largest absolute Gasteiger partial charge is 0.558 e. The van der Waals surface area contributed by atoms with Gasteiger partial charge in [-0.2, -0.15) is 6.16 Å². The van der Waals surface area contributed by atoms with Gasteiger partial charge in [0.1, 0.15) is 11.3 Å². The number of rotatable bonds is 7. The van der Waals surface area contributed by atoms with E-state index in [0.29, 0.717) is 33.0 Å². The molecule has 0 aromatic heterocycles. The molecular formula is C13H16BrClO3P-. The van der Waals surface area contributed by atoms with E-state index in [0.717, 1.165) is 19.0 Å². The van der Waals surface area contributed by atoms with Gasteiger partial charge in [0, 0.05) is 6.42 Å². The number of ketones is 1. The van der Waals surface area contributed by atoms with Crippen LogP contribution in [0.15, 0.2) is 10.5 Å². The monoisotopic (exact) mass is 365 g/mol. The Morgan fingerprint density at radius 2 is 1.95 bits per heavy atom. The molecule has 0 N–H and O–H groups in total. The first kappa shape index (κ1) is 16.7.